The summed E-state index contributed by atoms with van der Waals surface area (Å²) >= 11 is 5.17. The highest BCUT2D eigenvalue weighted by atomic mass is 32.1. The van der Waals surface area contributed by atoms with Gasteiger partial charge in [-0.3, -0.25) is 0 Å². The third-order valence-electron chi connectivity index (χ3n) is 2.74. The summed E-state index contributed by atoms with van der Waals surface area (Å²) in [6.07, 6.45) is 2.27. The number of hydrogen-bond donors (Lipinski definition) is 1. The van der Waals surface area contributed by atoms with Crippen LogP contribution in [0.1, 0.15) is 12.5 Å². The zero-order chi connectivity index (χ0) is 13.1. The van der Waals surface area contributed by atoms with Crippen LogP contribution in [-0.4, -0.2) is 17.1 Å². The molecular weight excluding hydrogens is 251 g/mol. The van der Waals surface area contributed by atoms with Crippen molar-refractivity contribution in [2.24, 2.45) is 0 Å². The lowest BCUT2D eigenvalue weighted by Crippen LogP contribution is -1.96. The number of halogens is 1. The van der Waals surface area contributed by atoms with Crippen molar-refractivity contribution in [1.29, 1.82) is 0 Å². The van der Waals surface area contributed by atoms with Gasteiger partial charge in [-0.1, -0.05) is 19.1 Å². The van der Waals surface area contributed by atoms with Gasteiger partial charge in [0, 0.05) is 11.1 Å². The Morgan fingerprint density at radius 3 is 2.83 bits per heavy atom. The van der Waals surface area contributed by atoms with Crippen LogP contribution >= 0.6 is 12.2 Å². The fraction of sp³-hybridized carbons (Fsp3) is 0.231. The third kappa shape index (κ3) is 2.26. The van der Waals surface area contributed by atoms with E-state index in [0.29, 0.717) is 4.64 Å². The summed E-state index contributed by atoms with van der Waals surface area (Å²) in [5, 5.41) is 0. The Balaban J connectivity index is 2.59. The van der Waals surface area contributed by atoms with E-state index in [1.807, 2.05) is 6.92 Å². The molecule has 0 fully saturated rings. The van der Waals surface area contributed by atoms with Gasteiger partial charge < -0.3 is 9.72 Å². The van der Waals surface area contributed by atoms with E-state index in [-0.39, 0.29) is 5.75 Å². The summed E-state index contributed by atoms with van der Waals surface area (Å²) in [7, 11) is 1.44. The van der Waals surface area contributed by atoms with Gasteiger partial charge in [-0.05, 0) is 24.6 Å². The number of aromatic amines is 1. The van der Waals surface area contributed by atoms with Crippen molar-refractivity contribution in [3.8, 4) is 17.0 Å². The Hall–Kier alpha value is -1.75. The third-order valence-corrected chi connectivity index (χ3v) is 3.10. The lowest BCUT2D eigenvalue weighted by Gasteiger charge is -2.09. The highest BCUT2D eigenvalue weighted by Gasteiger charge is 2.09. The first kappa shape index (κ1) is 12.7. The van der Waals surface area contributed by atoms with Gasteiger partial charge in [0.2, 0.25) is 0 Å². The van der Waals surface area contributed by atoms with Crippen LogP contribution in [0.25, 0.3) is 11.3 Å². The molecule has 1 aromatic heterocycles. The maximum Gasteiger partial charge on any atom is 0.165 e. The molecule has 1 N–H and O–H groups in total. The fourth-order valence-corrected chi connectivity index (χ4v) is 2.13. The normalized spacial score (nSPS) is 10.4. The van der Waals surface area contributed by atoms with Gasteiger partial charge in [0.05, 0.1) is 19.1 Å². The predicted molar refractivity (Wildman–Crippen MR) is 70.7 cm³/mol. The molecule has 2 aromatic rings. The van der Waals surface area contributed by atoms with Gasteiger partial charge >= 0.3 is 0 Å². The van der Waals surface area contributed by atoms with E-state index >= 15 is 0 Å². The maximum atomic E-state index is 13.7. The Labute approximate surface area is 110 Å². The summed E-state index contributed by atoms with van der Waals surface area (Å²) in [4.78, 5) is 7.06. The fourth-order valence-electron chi connectivity index (χ4n) is 1.83. The number of nitrogens with one attached hydrogen (secondary N) is 1. The zero-order valence-corrected chi connectivity index (χ0v) is 11.0. The molecule has 94 valence electrons. The molecule has 0 aliphatic carbocycles. The first-order chi connectivity index (χ1) is 8.67. The van der Waals surface area contributed by atoms with Crippen LogP contribution in [0.2, 0.25) is 0 Å². The number of methoxy groups -OCH3 is 1. The van der Waals surface area contributed by atoms with Gasteiger partial charge in [0.1, 0.15) is 4.64 Å². The average Bonchev–Trinajstić information content (AvgIpc) is 2.38. The molecule has 18 heavy (non-hydrogen) atoms. The van der Waals surface area contributed by atoms with Crippen molar-refractivity contribution in [2.75, 3.05) is 7.11 Å². The number of rotatable bonds is 3. The summed E-state index contributed by atoms with van der Waals surface area (Å²) < 4.78 is 19.1. The molecule has 0 spiro atoms. The van der Waals surface area contributed by atoms with Crippen LogP contribution in [-0.2, 0) is 6.42 Å². The second-order valence-electron chi connectivity index (χ2n) is 3.76. The number of nitrogens with zero attached hydrogens (tertiary/aromatic N) is 1. The summed E-state index contributed by atoms with van der Waals surface area (Å²) in [5.74, 6) is -0.169. The minimum Gasteiger partial charge on any atom is -0.494 e. The van der Waals surface area contributed by atoms with Crippen molar-refractivity contribution in [1.82, 2.24) is 9.97 Å². The lowest BCUT2D eigenvalue weighted by molar-refractivity contribution is 0.386. The van der Waals surface area contributed by atoms with E-state index in [4.69, 9.17) is 17.0 Å². The Morgan fingerprint density at radius 1 is 1.44 bits per heavy atom. The zero-order valence-electron chi connectivity index (χ0n) is 10.2. The van der Waals surface area contributed by atoms with Crippen LogP contribution in [0.15, 0.2) is 24.5 Å². The standard InChI is InChI=1S/C13H13FN2OS/c1-3-9-12(15-7-16-13(9)18)8-4-5-11(17-2)10(14)6-8/h4-7H,3H2,1-2H3,(H,15,16,18). The largest absolute Gasteiger partial charge is 0.494 e. The molecule has 3 nitrogen and oxygen atoms in total. The van der Waals surface area contributed by atoms with Crippen LogP contribution in [0.5, 0.6) is 5.75 Å². The molecule has 0 radical (unpaired) electrons. The average molecular weight is 264 g/mol. The molecule has 0 saturated heterocycles. The summed E-state index contributed by atoms with van der Waals surface area (Å²) in [5.41, 5.74) is 2.45. The van der Waals surface area contributed by atoms with Gasteiger partial charge in [0.25, 0.3) is 0 Å². The quantitative estimate of drug-likeness (QED) is 0.862. The van der Waals surface area contributed by atoms with E-state index in [2.05, 4.69) is 9.97 Å². The van der Waals surface area contributed by atoms with Crippen molar-refractivity contribution in [3.63, 3.8) is 0 Å². The highest BCUT2D eigenvalue weighted by molar-refractivity contribution is 7.71. The van der Waals surface area contributed by atoms with Gasteiger partial charge in [-0.2, -0.15) is 0 Å². The maximum absolute atomic E-state index is 13.7. The monoisotopic (exact) mass is 264 g/mol. The molecule has 0 aliphatic heterocycles. The number of hydrogen-bond acceptors (Lipinski definition) is 3. The second kappa shape index (κ2) is 5.27. The molecular formula is C13H13FN2OS. The van der Waals surface area contributed by atoms with Crippen LogP contribution < -0.4 is 4.74 Å². The topological polar surface area (TPSA) is 37.9 Å². The molecule has 0 bridgehead atoms. The minimum atomic E-state index is -0.395. The Morgan fingerprint density at radius 2 is 2.22 bits per heavy atom. The number of H-pyrrole nitrogens is 1. The van der Waals surface area contributed by atoms with Crippen LogP contribution in [0.3, 0.4) is 0 Å². The Kier molecular flexibility index (Phi) is 3.72. The van der Waals surface area contributed by atoms with Crippen molar-refractivity contribution in [2.45, 2.75) is 13.3 Å². The number of ether oxygens (including phenoxy) is 1. The molecule has 1 heterocycles. The smallest absolute Gasteiger partial charge is 0.165 e. The molecule has 5 heteroatoms. The predicted octanol–water partition coefficient (Wildman–Crippen LogP) is 3.52. The van der Waals surface area contributed by atoms with Gasteiger partial charge in [-0.25, -0.2) is 9.37 Å². The van der Waals surface area contributed by atoms with Crippen LogP contribution in [0, 0.1) is 10.5 Å². The van der Waals surface area contributed by atoms with E-state index in [0.717, 1.165) is 23.2 Å². The number of aromatic nitrogens is 2. The molecule has 0 saturated carbocycles. The molecule has 2 rings (SSSR count). The Bertz CT molecular complexity index is 625. The molecule has 1 aromatic carbocycles. The lowest BCUT2D eigenvalue weighted by atomic mass is 10.1. The molecule has 0 aliphatic rings. The highest BCUT2D eigenvalue weighted by Crippen LogP contribution is 2.26. The molecule has 0 amide bonds. The van der Waals surface area contributed by atoms with Crippen LogP contribution in [0.4, 0.5) is 4.39 Å². The summed E-state index contributed by atoms with van der Waals surface area (Å²) in [6, 6.07) is 4.82. The second-order valence-corrected chi connectivity index (χ2v) is 4.15. The SMILES string of the molecule is CCc1c(-c2ccc(OC)c(F)c2)[nH]cnc1=S. The van der Waals surface area contributed by atoms with Crippen molar-refractivity contribution >= 4 is 12.2 Å². The van der Waals surface area contributed by atoms with E-state index in [1.54, 1.807) is 12.1 Å². The minimum absolute atomic E-state index is 0.226. The van der Waals surface area contributed by atoms with E-state index in [9.17, 15) is 4.39 Å². The van der Waals surface area contributed by atoms with Crippen molar-refractivity contribution in [3.05, 3.63) is 40.5 Å². The number of benzene rings is 1. The summed E-state index contributed by atoms with van der Waals surface area (Å²) in [6.45, 7) is 1.99. The first-order valence-electron chi connectivity index (χ1n) is 5.57. The van der Waals surface area contributed by atoms with Gasteiger partial charge in [-0.15, -0.1) is 0 Å². The van der Waals surface area contributed by atoms with Gasteiger partial charge in [0.15, 0.2) is 11.6 Å². The van der Waals surface area contributed by atoms with E-state index in [1.165, 1.54) is 19.5 Å². The van der Waals surface area contributed by atoms with E-state index < -0.39 is 5.82 Å². The molecule has 0 atom stereocenters. The molecule has 0 unspecified atom stereocenters. The first-order valence-corrected chi connectivity index (χ1v) is 5.98. The van der Waals surface area contributed by atoms with Crippen molar-refractivity contribution < 1.29 is 9.13 Å².